The highest BCUT2D eigenvalue weighted by molar-refractivity contribution is 5.70. The van der Waals surface area contributed by atoms with E-state index in [4.69, 9.17) is 28.4 Å². The Bertz CT molecular complexity index is 1230. The summed E-state index contributed by atoms with van der Waals surface area (Å²) in [5, 5.41) is 72.2. The van der Waals surface area contributed by atoms with Crippen molar-refractivity contribution < 1.29 is 73.8 Å². The number of hydrogen-bond acceptors (Lipinski definition) is 15. The van der Waals surface area contributed by atoms with Gasteiger partial charge in [0.05, 0.1) is 19.8 Å². The Morgan fingerprint density at radius 3 is 1.11 bits per heavy atom. The average Bonchev–Trinajstić information content (AvgIpc) is 3.35. The third kappa shape index (κ3) is 30.0. The quantitative estimate of drug-likeness (QED) is 0.0223. The molecule has 0 aromatic carbocycles. The van der Waals surface area contributed by atoms with Gasteiger partial charge in [0.25, 0.3) is 0 Å². The van der Waals surface area contributed by atoms with Crippen molar-refractivity contribution in [2.45, 2.75) is 313 Å². The zero-order chi connectivity index (χ0) is 51.0. The summed E-state index contributed by atoms with van der Waals surface area (Å²) >= 11 is 0. The van der Waals surface area contributed by atoms with E-state index < -0.39 is 92.7 Å². The zero-order valence-electron chi connectivity index (χ0n) is 44.0. The summed E-state index contributed by atoms with van der Waals surface area (Å²) < 4.78 is 33.7. The average molecular weight is 1010 g/mol. The number of esters is 2. The molecular weight excluding hydrogens is 901 g/mol. The molecule has 0 saturated carbocycles. The summed E-state index contributed by atoms with van der Waals surface area (Å²) in [6, 6.07) is 0. The van der Waals surface area contributed by atoms with E-state index in [0.717, 1.165) is 38.5 Å². The van der Waals surface area contributed by atoms with Crippen molar-refractivity contribution in [2.75, 3.05) is 26.4 Å². The molecule has 0 amide bonds. The lowest BCUT2D eigenvalue weighted by molar-refractivity contribution is -0.332. The van der Waals surface area contributed by atoms with Gasteiger partial charge in [-0.2, -0.15) is 0 Å². The summed E-state index contributed by atoms with van der Waals surface area (Å²) in [5.74, 6) is -0.907. The molecular formula is C55H104O15. The highest BCUT2D eigenvalue weighted by Gasteiger charge is 2.47. The summed E-state index contributed by atoms with van der Waals surface area (Å²) in [6.07, 6.45) is 25.7. The van der Waals surface area contributed by atoms with Crippen LogP contribution in [0.2, 0.25) is 0 Å². The van der Waals surface area contributed by atoms with Crippen LogP contribution in [-0.4, -0.2) is 142 Å². The molecule has 2 aliphatic rings. The molecule has 11 atom stereocenters. The number of aliphatic hydroxyl groups excluding tert-OH is 7. The second kappa shape index (κ2) is 42.8. The molecule has 0 aromatic rings. The van der Waals surface area contributed by atoms with Crippen LogP contribution >= 0.6 is 0 Å². The molecule has 7 N–H and O–H groups in total. The summed E-state index contributed by atoms with van der Waals surface area (Å²) in [4.78, 5) is 25.8. The van der Waals surface area contributed by atoms with E-state index in [0.29, 0.717) is 12.8 Å². The molecule has 2 fully saturated rings. The molecule has 15 nitrogen and oxygen atoms in total. The van der Waals surface area contributed by atoms with E-state index in [1.807, 2.05) is 0 Å². The monoisotopic (exact) mass is 1000 g/mol. The molecule has 0 aromatic heterocycles. The Hall–Kier alpha value is -1.50. The van der Waals surface area contributed by atoms with Gasteiger partial charge in [-0.25, -0.2) is 0 Å². The number of rotatable bonds is 46. The second-order valence-corrected chi connectivity index (χ2v) is 20.5. The van der Waals surface area contributed by atoms with Gasteiger partial charge in [0.2, 0.25) is 0 Å². The van der Waals surface area contributed by atoms with E-state index in [-0.39, 0.29) is 26.1 Å². The first-order chi connectivity index (χ1) is 34.0. The summed E-state index contributed by atoms with van der Waals surface area (Å²) in [5.41, 5.74) is 0. The van der Waals surface area contributed by atoms with E-state index in [9.17, 15) is 45.3 Å². The van der Waals surface area contributed by atoms with Crippen molar-refractivity contribution in [3.05, 3.63) is 0 Å². The maximum Gasteiger partial charge on any atom is 0.306 e. The predicted octanol–water partition coefficient (Wildman–Crippen LogP) is 9.17. The minimum atomic E-state index is -1.76. The number of unbranched alkanes of at least 4 members (excludes halogenated alkanes) is 32. The van der Waals surface area contributed by atoms with Crippen molar-refractivity contribution in [2.24, 2.45) is 0 Å². The van der Waals surface area contributed by atoms with Crippen LogP contribution in [0.4, 0.5) is 0 Å². The van der Waals surface area contributed by atoms with Gasteiger partial charge in [0.1, 0.15) is 55.4 Å². The fraction of sp³-hybridized carbons (Fsp3) is 0.964. The lowest BCUT2D eigenvalue weighted by Gasteiger charge is -2.42. The fourth-order valence-electron chi connectivity index (χ4n) is 9.40. The van der Waals surface area contributed by atoms with Gasteiger partial charge in [0, 0.05) is 12.8 Å². The smallest absolute Gasteiger partial charge is 0.306 e. The maximum absolute atomic E-state index is 13.0. The van der Waals surface area contributed by atoms with Crippen LogP contribution in [0.1, 0.15) is 245 Å². The van der Waals surface area contributed by atoms with Gasteiger partial charge < -0.3 is 64.2 Å². The Kier molecular flexibility index (Phi) is 39.5. The van der Waals surface area contributed by atoms with Crippen molar-refractivity contribution in [1.29, 1.82) is 0 Å². The van der Waals surface area contributed by atoms with Crippen molar-refractivity contribution in [3.63, 3.8) is 0 Å². The van der Waals surface area contributed by atoms with Crippen LogP contribution in [-0.2, 0) is 38.0 Å². The van der Waals surface area contributed by atoms with Gasteiger partial charge in [-0.1, -0.05) is 219 Å². The first-order valence-electron chi connectivity index (χ1n) is 28.6. The number of ether oxygens (including phenoxy) is 6. The highest BCUT2D eigenvalue weighted by atomic mass is 16.7. The summed E-state index contributed by atoms with van der Waals surface area (Å²) in [7, 11) is 0. The largest absolute Gasteiger partial charge is 0.462 e. The fourth-order valence-corrected chi connectivity index (χ4v) is 9.40. The third-order valence-corrected chi connectivity index (χ3v) is 14.1. The highest BCUT2D eigenvalue weighted by Crippen LogP contribution is 2.27. The predicted molar refractivity (Wildman–Crippen MR) is 271 cm³/mol. The second-order valence-electron chi connectivity index (χ2n) is 20.5. The van der Waals surface area contributed by atoms with Gasteiger partial charge >= 0.3 is 11.9 Å². The third-order valence-electron chi connectivity index (χ3n) is 14.1. The molecule has 0 radical (unpaired) electrons. The summed E-state index contributed by atoms with van der Waals surface area (Å²) in [6.45, 7) is 2.64. The van der Waals surface area contributed by atoms with E-state index in [1.54, 1.807) is 0 Å². The minimum absolute atomic E-state index is 0.173. The first-order valence-corrected chi connectivity index (χ1v) is 28.6. The van der Waals surface area contributed by atoms with E-state index in [2.05, 4.69) is 13.8 Å². The molecule has 15 heteroatoms. The molecule has 2 rings (SSSR count). The Morgan fingerprint density at radius 2 is 0.729 bits per heavy atom. The van der Waals surface area contributed by atoms with Crippen LogP contribution < -0.4 is 0 Å². The number of carbonyl (C=O) groups excluding carboxylic acids is 2. The molecule has 2 heterocycles. The molecule has 414 valence electrons. The number of carbonyl (C=O) groups is 2. The van der Waals surface area contributed by atoms with Crippen LogP contribution in [0.5, 0.6) is 0 Å². The maximum atomic E-state index is 13.0. The van der Waals surface area contributed by atoms with Crippen molar-refractivity contribution >= 4 is 11.9 Å². The van der Waals surface area contributed by atoms with Gasteiger partial charge in [-0.15, -0.1) is 0 Å². The molecule has 0 bridgehead atoms. The van der Waals surface area contributed by atoms with Crippen molar-refractivity contribution in [3.8, 4) is 0 Å². The molecule has 0 spiro atoms. The topological polar surface area (TPSA) is 231 Å². The van der Waals surface area contributed by atoms with Crippen LogP contribution in [0.25, 0.3) is 0 Å². The Labute approximate surface area is 423 Å². The zero-order valence-corrected chi connectivity index (χ0v) is 44.0. The minimum Gasteiger partial charge on any atom is -0.462 e. The number of aliphatic hydroxyl groups is 7. The molecule has 4 unspecified atom stereocenters. The molecule has 70 heavy (non-hydrogen) atoms. The molecule has 0 aliphatic carbocycles. The van der Waals surface area contributed by atoms with Crippen LogP contribution in [0.15, 0.2) is 0 Å². The molecule has 2 saturated heterocycles. The lowest BCUT2D eigenvalue weighted by Crippen LogP contribution is -2.61. The standard InChI is InChI=1S/C55H104O15/c1-3-5-7-9-11-13-15-17-18-19-20-21-22-23-24-25-26-28-29-31-33-35-37-46(57)65-40-43(68-47(58)38-36-34-32-30-27-16-14-12-10-8-6-4-2)41-66-54-53(64)51(62)49(60)45(70-54)42-67-55-52(63)50(61)48(59)44(39-56)69-55/h43-45,48-56,59-64H,3-42H2,1-2H3/t43-,44+,45+,48-,49-,50?,51?,52?,53?,54+,55+/m0/s1. The Morgan fingerprint density at radius 1 is 0.400 bits per heavy atom. The Balaban J connectivity index is 1.71. The van der Waals surface area contributed by atoms with Crippen molar-refractivity contribution in [1.82, 2.24) is 0 Å². The van der Waals surface area contributed by atoms with Gasteiger partial charge in [-0.3, -0.25) is 9.59 Å². The first kappa shape index (κ1) is 64.6. The molecule has 2 aliphatic heterocycles. The lowest BCUT2D eigenvalue weighted by atomic mass is 9.98. The van der Waals surface area contributed by atoms with Crippen LogP contribution in [0.3, 0.4) is 0 Å². The van der Waals surface area contributed by atoms with Gasteiger partial charge in [0.15, 0.2) is 18.7 Å². The van der Waals surface area contributed by atoms with E-state index in [1.165, 1.54) is 167 Å². The van der Waals surface area contributed by atoms with Crippen LogP contribution in [0, 0.1) is 0 Å². The SMILES string of the molecule is CCCCCCCCCCCCCCCCCCCCCCCCC(=O)OC[C@@H](CO[C@@H]1O[C@H](CO[C@@H]2O[C@H](CO)[C@H](O)C(O)C2O)[C@H](O)C(O)C1O)OC(=O)CCCCCCCCCCCCCC. The van der Waals surface area contributed by atoms with Gasteiger partial charge in [-0.05, 0) is 12.8 Å². The normalized spacial score (nSPS) is 25.3. The number of hydrogen-bond donors (Lipinski definition) is 7. The van der Waals surface area contributed by atoms with E-state index >= 15 is 0 Å².